The van der Waals surface area contributed by atoms with Gasteiger partial charge in [0, 0.05) is 44.5 Å². The van der Waals surface area contributed by atoms with E-state index in [0.717, 1.165) is 44.8 Å². The number of benzene rings is 1. The average Bonchev–Trinajstić information content (AvgIpc) is 2.85. The minimum Gasteiger partial charge on any atom is -0.395 e. The lowest BCUT2D eigenvalue weighted by molar-refractivity contribution is -0.120. The molecule has 1 atom stereocenters. The van der Waals surface area contributed by atoms with Crippen LogP contribution in [0.4, 0.5) is 5.69 Å². The number of para-hydroxylation sites is 1. The molecular weight excluding hydrogens is 278 g/mol. The molecule has 1 aromatic rings. The molecular formula is C17H25N3O2. The van der Waals surface area contributed by atoms with Gasteiger partial charge < -0.3 is 10.0 Å². The van der Waals surface area contributed by atoms with Gasteiger partial charge in [-0.2, -0.15) is 0 Å². The molecule has 0 bridgehead atoms. The minimum absolute atomic E-state index is 0.202. The van der Waals surface area contributed by atoms with E-state index >= 15 is 0 Å². The fourth-order valence-electron chi connectivity index (χ4n) is 3.53. The number of nitrogens with zero attached hydrogens (tertiary/aromatic N) is 3. The second-order valence-corrected chi connectivity index (χ2v) is 6.29. The van der Waals surface area contributed by atoms with Crippen molar-refractivity contribution in [2.45, 2.75) is 19.4 Å². The molecule has 2 heterocycles. The Hall–Kier alpha value is -1.43. The number of aliphatic hydroxyl groups excluding tert-OH is 1. The molecule has 3 rings (SSSR count). The van der Waals surface area contributed by atoms with Gasteiger partial charge in [0.15, 0.2) is 0 Å². The Balaban J connectivity index is 1.59. The first-order valence-corrected chi connectivity index (χ1v) is 8.14. The predicted molar refractivity (Wildman–Crippen MR) is 87.1 cm³/mol. The van der Waals surface area contributed by atoms with Crippen molar-refractivity contribution in [2.24, 2.45) is 0 Å². The van der Waals surface area contributed by atoms with Crippen molar-refractivity contribution >= 4 is 11.6 Å². The van der Waals surface area contributed by atoms with E-state index in [1.807, 2.05) is 17.0 Å². The molecule has 2 aliphatic heterocycles. The van der Waals surface area contributed by atoms with Crippen molar-refractivity contribution in [3.8, 4) is 0 Å². The predicted octanol–water partition coefficient (Wildman–Crippen LogP) is 0.574. The van der Waals surface area contributed by atoms with E-state index in [4.69, 9.17) is 5.11 Å². The highest BCUT2D eigenvalue weighted by atomic mass is 16.3. The van der Waals surface area contributed by atoms with Crippen molar-refractivity contribution in [1.82, 2.24) is 9.80 Å². The third-order valence-electron chi connectivity index (χ3n) is 4.72. The van der Waals surface area contributed by atoms with Gasteiger partial charge >= 0.3 is 0 Å². The molecule has 1 saturated heterocycles. The number of amides is 1. The largest absolute Gasteiger partial charge is 0.395 e. The molecule has 2 aliphatic rings. The number of carbonyl (C=O) groups is 1. The highest BCUT2D eigenvalue weighted by Crippen LogP contribution is 2.31. The van der Waals surface area contributed by atoms with Crippen LogP contribution in [-0.2, 0) is 11.2 Å². The number of aliphatic hydroxyl groups is 1. The van der Waals surface area contributed by atoms with Gasteiger partial charge in [0.2, 0.25) is 5.91 Å². The van der Waals surface area contributed by atoms with Crippen LogP contribution in [0.25, 0.3) is 0 Å². The van der Waals surface area contributed by atoms with Crippen LogP contribution >= 0.6 is 0 Å². The maximum atomic E-state index is 12.7. The average molecular weight is 303 g/mol. The molecule has 120 valence electrons. The summed E-state index contributed by atoms with van der Waals surface area (Å²) in [4.78, 5) is 19.2. The fourth-order valence-corrected chi connectivity index (χ4v) is 3.53. The van der Waals surface area contributed by atoms with Crippen LogP contribution in [0.5, 0.6) is 0 Å². The summed E-state index contributed by atoms with van der Waals surface area (Å²) in [7, 11) is 0. The number of hydrogen-bond acceptors (Lipinski definition) is 4. The first-order chi connectivity index (χ1) is 10.7. The van der Waals surface area contributed by atoms with E-state index in [2.05, 4.69) is 28.9 Å². The summed E-state index contributed by atoms with van der Waals surface area (Å²) in [5, 5.41) is 8.98. The summed E-state index contributed by atoms with van der Waals surface area (Å²) in [6, 6.07) is 8.47. The second-order valence-electron chi connectivity index (χ2n) is 6.29. The number of piperazine rings is 1. The minimum atomic E-state index is 0.202. The van der Waals surface area contributed by atoms with Crippen molar-refractivity contribution < 1.29 is 9.90 Å². The van der Waals surface area contributed by atoms with Crippen LogP contribution in [0.3, 0.4) is 0 Å². The summed E-state index contributed by atoms with van der Waals surface area (Å²) in [6.45, 7) is 7.22. The molecule has 0 radical (unpaired) electrons. The van der Waals surface area contributed by atoms with Crippen LogP contribution in [0.15, 0.2) is 24.3 Å². The molecule has 0 aromatic heterocycles. The third-order valence-corrected chi connectivity index (χ3v) is 4.72. The van der Waals surface area contributed by atoms with E-state index in [-0.39, 0.29) is 18.6 Å². The van der Waals surface area contributed by atoms with Gasteiger partial charge in [-0.1, -0.05) is 18.2 Å². The van der Waals surface area contributed by atoms with Crippen LogP contribution in [0.1, 0.15) is 12.5 Å². The maximum absolute atomic E-state index is 12.7. The van der Waals surface area contributed by atoms with E-state index in [1.54, 1.807) is 0 Å². The number of anilines is 1. The van der Waals surface area contributed by atoms with Crippen LogP contribution in [0, 0.1) is 0 Å². The van der Waals surface area contributed by atoms with Crippen molar-refractivity contribution in [3.05, 3.63) is 29.8 Å². The zero-order valence-corrected chi connectivity index (χ0v) is 13.2. The van der Waals surface area contributed by atoms with Gasteiger partial charge in [0.1, 0.15) is 0 Å². The van der Waals surface area contributed by atoms with Crippen LogP contribution < -0.4 is 4.90 Å². The van der Waals surface area contributed by atoms with Gasteiger partial charge in [-0.3, -0.25) is 14.6 Å². The molecule has 0 aliphatic carbocycles. The Bertz CT molecular complexity index is 526. The summed E-state index contributed by atoms with van der Waals surface area (Å²) < 4.78 is 0. The normalized spacial score (nSPS) is 22.8. The number of carbonyl (C=O) groups excluding carboxylic acids is 1. The van der Waals surface area contributed by atoms with Gasteiger partial charge in [-0.25, -0.2) is 0 Å². The Labute approximate surface area is 132 Å². The Kier molecular flexibility index (Phi) is 4.76. The van der Waals surface area contributed by atoms with Crippen LogP contribution in [-0.4, -0.2) is 72.7 Å². The fraction of sp³-hybridized carbons (Fsp3) is 0.588. The second kappa shape index (κ2) is 6.77. The summed E-state index contributed by atoms with van der Waals surface area (Å²) in [5.74, 6) is 0.202. The standard InChI is InChI=1S/C17H25N3O2/c1-14-12-15-4-2-3-5-16(15)20(14)17(22)13-19-8-6-18(7-9-19)10-11-21/h2-5,14,21H,6-13H2,1H3/t14-/m1/s1. The Morgan fingerprint density at radius 2 is 1.86 bits per heavy atom. The van der Waals surface area contributed by atoms with E-state index < -0.39 is 0 Å². The summed E-state index contributed by atoms with van der Waals surface area (Å²) >= 11 is 0. The highest BCUT2D eigenvalue weighted by Gasteiger charge is 2.31. The molecule has 5 heteroatoms. The van der Waals surface area contributed by atoms with E-state index in [9.17, 15) is 4.79 Å². The molecule has 22 heavy (non-hydrogen) atoms. The summed E-state index contributed by atoms with van der Waals surface area (Å²) in [5.41, 5.74) is 2.36. The molecule has 0 spiro atoms. The van der Waals surface area contributed by atoms with Gasteiger partial charge in [-0.15, -0.1) is 0 Å². The zero-order valence-electron chi connectivity index (χ0n) is 13.2. The third kappa shape index (κ3) is 3.16. The first kappa shape index (κ1) is 15.5. The molecule has 1 N–H and O–H groups in total. The first-order valence-electron chi connectivity index (χ1n) is 8.14. The number of rotatable bonds is 4. The Morgan fingerprint density at radius 1 is 1.18 bits per heavy atom. The van der Waals surface area contributed by atoms with Gasteiger partial charge in [0.05, 0.1) is 13.2 Å². The number of hydrogen-bond donors (Lipinski definition) is 1. The zero-order chi connectivity index (χ0) is 15.5. The number of fused-ring (bicyclic) bond motifs is 1. The molecule has 0 saturated carbocycles. The van der Waals surface area contributed by atoms with Gasteiger partial charge in [-0.05, 0) is 25.0 Å². The molecule has 5 nitrogen and oxygen atoms in total. The maximum Gasteiger partial charge on any atom is 0.241 e. The number of β-amino-alcohol motifs (C(OH)–C–C–N with tert-alkyl or cyclic N) is 1. The van der Waals surface area contributed by atoms with Gasteiger partial charge in [0.25, 0.3) is 0 Å². The van der Waals surface area contributed by atoms with E-state index in [0.29, 0.717) is 6.54 Å². The van der Waals surface area contributed by atoms with Crippen molar-refractivity contribution in [1.29, 1.82) is 0 Å². The van der Waals surface area contributed by atoms with Crippen molar-refractivity contribution in [2.75, 3.05) is 50.8 Å². The lowest BCUT2D eigenvalue weighted by Gasteiger charge is -2.35. The lowest BCUT2D eigenvalue weighted by Crippen LogP contribution is -2.51. The molecule has 1 amide bonds. The SMILES string of the molecule is C[C@@H]1Cc2ccccc2N1C(=O)CN1CCN(CCO)CC1. The molecule has 1 aromatic carbocycles. The lowest BCUT2D eigenvalue weighted by atomic mass is 10.1. The smallest absolute Gasteiger partial charge is 0.241 e. The molecule has 0 unspecified atom stereocenters. The van der Waals surface area contributed by atoms with E-state index in [1.165, 1.54) is 5.56 Å². The summed E-state index contributed by atoms with van der Waals surface area (Å²) in [6.07, 6.45) is 0.951. The Morgan fingerprint density at radius 3 is 2.59 bits per heavy atom. The quantitative estimate of drug-likeness (QED) is 0.884. The molecule has 1 fully saturated rings. The highest BCUT2D eigenvalue weighted by molar-refractivity contribution is 5.97. The monoisotopic (exact) mass is 303 g/mol. The van der Waals surface area contributed by atoms with Crippen LogP contribution in [0.2, 0.25) is 0 Å². The topological polar surface area (TPSA) is 47.0 Å². The van der Waals surface area contributed by atoms with Crippen molar-refractivity contribution in [3.63, 3.8) is 0 Å².